The average Bonchev–Trinajstić information content (AvgIpc) is 2.99. The molecule has 0 fully saturated rings. The monoisotopic (exact) mass is 439 g/mol. The maximum absolute atomic E-state index is 11.4. The highest BCUT2D eigenvalue weighted by atomic mass is 79.9. The van der Waals surface area contributed by atoms with Gasteiger partial charge in [-0.1, -0.05) is 34.1 Å². The fourth-order valence-corrected chi connectivity index (χ4v) is 3.74. The molecule has 0 spiro atoms. The molecule has 1 atom stereocenters. The molecule has 142 valence electrons. The molecule has 1 aromatic heterocycles. The predicted molar refractivity (Wildman–Crippen MR) is 112 cm³/mol. The standard InChI is InChI=1S/C22H18BrNO4/c23-15-7-9-21-19(11-15)18-10-14(22(26)27)6-8-20(18)24(21)12-16(25)13-28-17-4-2-1-3-5-17/h1-11,16,25H,12-13H2,(H,26,27). The Labute approximate surface area is 169 Å². The molecule has 1 heterocycles. The Morgan fingerprint density at radius 1 is 1.00 bits per heavy atom. The lowest BCUT2D eigenvalue weighted by atomic mass is 10.1. The van der Waals surface area contributed by atoms with Crippen LogP contribution in [0.15, 0.2) is 71.2 Å². The molecule has 0 bridgehead atoms. The van der Waals surface area contributed by atoms with Gasteiger partial charge in [0.05, 0.1) is 12.1 Å². The van der Waals surface area contributed by atoms with Crippen molar-refractivity contribution in [2.45, 2.75) is 12.6 Å². The van der Waals surface area contributed by atoms with E-state index in [-0.39, 0.29) is 12.2 Å². The lowest BCUT2D eigenvalue weighted by Crippen LogP contribution is -2.23. The van der Waals surface area contributed by atoms with Crippen LogP contribution in [-0.2, 0) is 6.54 Å². The third kappa shape index (κ3) is 3.61. The first kappa shape index (κ1) is 18.5. The van der Waals surface area contributed by atoms with Crippen molar-refractivity contribution in [3.8, 4) is 5.75 Å². The number of fused-ring (bicyclic) bond motifs is 3. The van der Waals surface area contributed by atoms with Crippen LogP contribution >= 0.6 is 15.9 Å². The normalized spacial score (nSPS) is 12.4. The van der Waals surface area contributed by atoms with Gasteiger partial charge in [0.1, 0.15) is 18.5 Å². The van der Waals surface area contributed by atoms with Crippen molar-refractivity contribution in [1.29, 1.82) is 0 Å². The Balaban J connectivity index is 1.69. The number of nitrogens with zero attached hydrogens (tertiary/aromatic N) is 1. The van der Waals surface area contributed by atoms with Crippen LogP contribution in [0.25, 0.3) is 21.8 Å². The van der Waals surface area contributed by atoms with Crippen LogP contribution in [0.3, 0.4) is 0 Å². The molecule has 28 heavy (non-hydrogen) atoms. The molecule has 6 heteroatoms. The number of rotatable bonds is 6. The van der Waals surface area contributed by atoms with E-state index in [0.717, 1.165) is 26.3 Å². The SMILES string of the molecule is O=C(O)c1ccc2c(c1)c1cc(Br)ccc1n2CC(O)COc1ccccc1. The van der Waals surface area contributed by atoms with Gasteiger partial charge in [-0.15, -0.1) is 0 Å². The van der Waals surface area contributed by atoms with E-state index >= 15 is 0 Å². The molecule has 0 aliphatic heterocycles. The van der Waals surface area contributed by atoms with Gasteiger partial charge in [-0.2, -0.15) is 0 Å². The van der Waals surface area contributed by atoms with Gasteiger partial charge < -0.3 is 19.5 Å². The summed E-state index contributed by atoms with van der Waals surface area (Å²) < 4.78 is 8.57. The van der Waals surface area contributed by atoms with Crippen molar-refractivity contribution in [3.05, 3.63) is 76.8 Å². The van der Waals surface area contributed by atoms with Crippen molar-refractivity contribution < 1.29 is 19.7 Å². The van der Waals surface area contributed by atoms with E-state index in [4.69, 9.17) is 4.74 Å². The van der Waals surface area contributed by atoms with Crippen molar-refractivity contribution in [2.24, 2.45) is 0 Å². The number of aliphatic hydroxyl groups is 1. The van der Waals surface area contributed by atoms with Crippen LogP contribution in [0.4, 0.5) is 0 Å². The first-order valence-corrected chi connectivity index (χ1v) is 9.63. The first-order chi connectivity index (χ1) is 13.5. The zero-order valence-electron chi connectivity index (χ0n) is 14.9. The Morgan fingerprint density at radius 3 is 2.39 bits per heavy atom. The average molecular weight is 440 g/mol. The number of carbonyl (C=O) groups is 1. The minimum absolute atomic E-state index is 0.162. The molecular formula is C22H18BrNO4. The van der Waals surface area contributed by atoms with Gasteiger partial charge in [-0.3, -0.25) is 0 Å². The zero-order chi connectivity index (χ0) is 19.7. The number of carboxylic acids is 1. The summed E-state index contributed by atoms with van der Waals surface area (Å²) in [6.07, 6.45) is -0.721. The highest BCUT2D eigenvalue weighted by molar-refractivity contribution is 9.10. The van der Waals surface area contributed by atoms with Gasteiger partial charge in [0, 0.05) is 26.3 Å². The molecule has 0 amide bonds. The van der Waals surface area contributed by atoms with Crippen LogP contribution < -0.4 is 4.74 Å². The molecule has 4 rings (SSSR count). The number of aromatic carboxylic acids is 1. The second-order valence-electron chi connectivity index (χ2n) is 6.59. The molecule has 4 aromatic rings. The number of hydrogen-bond acceptors (Lipinski definition) is 3. The third-order valence-electron chi connectivity index (χ3n) is 4.65. The molecule has 5 nitrogen and oxygen atoms in total. The molecule has 0 aliphatic rings. The van der Waals surface area contributed by atoms with Crippen LogP contribution in [0.2, 0.25) is 0 Å². The summed E-state index contributed by atoms with van der Waals surface area (Å²) in [5, 5.41) is 21.7. The van der Waals surface area contributed by atoms with Crippen molar-refractivity contribution in [1.82, 2.24) is 4.57 Å². The Morgan fingerprint density at radius 2 is 1.68 bits per heavy atom. The summed E-state index contributed by atoms with van der Waals surface area (Å²) in [7, 11) is 0. The second kappa shape index (κ2) is 7.66. The fourth-order valence-electron chi connectivity index (χ4n) is 3.38. The van der Waals surface area contributed by atoms with Crippen LogP contribution in [0.5, 0.6) is 5.75 Å². The lowest BCUT2D eigenvalue weighted by Gasteiger charge is -2.15. The third-order valence-corrected chi connectivity index (χ3v) is 5.15. The Bertz CT molecular complexity index is 1150. The van der Waals surface area contributed by atoms with Gasteiger partial charge in [-0.05, 0) is 48.5 Å². The quantitative estimate of drug-likeness (QED) is 0.456. The van der Waals surface area contributed by atoms with E-state index < -0.39 is 12.1 Å². The van der Waals surface area contributed by atoms with E-state index in [1.165, 1.54) is 0 Å². The predicted octanol–water partition coefficient (Wildman–Crippen LogP) is 4.70. The number of hydrogen-bond donors (Lipinski definition) is 2. The first-order valence-electron chi connectivity index (χ1n) is 8.83. The number of para-hydroxylation sites is 1. The summed E-state index contributed by atoms with van der Waals surface area (Å²) >= 11 is 3.48. The summed E-state index contributed by atoms with van der Waals surface area (Å²) in [5.74, 6) is -0.257. The maximum atomic E-state index is 11.4. The summed E-state index contributed by atoms with van der Waals surface area (Å²) in [6.45, 7) is 0.496. The molecule has 0 radical (unpaired) electrons. The smallest absolute Gasteiger partial charge is 0.335 e. The topological polar surface area (TPSA) is 71.7 Å². The summed E-state index contributed by atoms with van der Waals surface area (Å²) in [5.41, 5.74) is 2.04. The minimum Gasteiger partial charge on any atom is -0.491 e. The molecule has 0 saturated heterocycles. The van der Waals surface area contributed by atoms with E-state index in [1.807, 2.05) is 53.1 Å². The van der Waals surface area contributed by atoms with E-state index in [1.54, 1.807) is 18.2 Å². The molecule has 1 unspecified atom stereocenters. The van der Waals surface area contributed by atoms with Gasteiger partial charge >= 0.3 is 5.97 Å². The van der Waals surface area contributed by atoms with Crippen LogP contribution in [0, 0.1) is 0 Å². The van der Waals surface area contributed by atoms with Crippen molar-refractivity contribution in [2.75, 3.05) is 6.61 Å². The lowest BCUT2D eigenvalue weighted by molar-refractivity contribution is 0.0697. The van der Waals surface area contributed by atoms with Crippen LogP contribution in [0.1, 0.15) is 10.4 Å². The number of benzene rings is 3. The number of aliphatic hydroxyl groups excluding tert-OH is 1. The number of carboxylic acid groups (broad SMARTS) is 1. The molecule has 0 aliphatic carbocycles. The van der Waals surface area contributed by atoms with Crippen molar-refractivity contribution in [3.63, 3.8) is 0 Å². The maximum Gasteiger partial charge on any atom is 0.335 e. The highest BCUT2D eigenvalue weighted by Gasteiger charge is 2.16. The molecule has 2 N–H and O–H groups in total. The zero-order valence-corrected chi connectivity index (χ0v) is 16.5. The molecular weight excluding hydrogens is 422 g/mol. The molecule has 3 aromatic carbocycles. The second-order valence-corrected chi connectivity index (χ2v) is 7.50. The largest absolute Gasteiger partial charge is 0.491 e. The molecule has 0 saturated carbocycles. The van der Waals surface area contributed by atoms with Crippen molar-refractivity contribution >= 4 is 43.7 Å². The van der Waals surface area contributed by atoms with Crippen LogP contribution in [-0.4, -0.2) is 33.5 Å². The fraction of sp³-hybridized carbons (Fsp3) is 0.136. The van der Waals surface area contributed by atoms with E-state index in [9.17, 15) is 15.0 Å². The number of aromatic nitrogens is 1. The number of halogens is 1. The highest BCUT2D eigenvalue weighted by Crippen LogP contribution is 2.32. The van der Waals surface area contributed by atoms with E-state index in [2.05, 4.69) is 15.9 Å². The van der Waals surface area contributed by atoms with E-state index in [0.29, 0.717) is 12.3 Å². The van der Waals surface area contributed by atoms with Gasteiger partial charge in [-0.25, -0.2) is 4.79 Å². The Hall–Kier alpha value is -2.83. The van der Waals surface area contributed by atoms with Gasteiger partial charge in [0.2, 0.25) is 0 Å². The van der Waals surface area contributed by atoms with Gasteiger partial charge in [0.25, 0.3) is 0 Å². The number of ether oxygens (including phenoxy) is 1. The van der Waals surface area contributed by atoms with Gasteiger partial charge in [0.15, 0.2) is 0 Å². The Kier molecular flexibility index (Phi) is 5.07. The minimum atomic E-state index is -0.964. The summed E-state index contributed by atoms with van der Waals surface area (Å²) in [6, 6.07) is 20.3. The summed E-state index contributed by atoms with van der Waals surface area (Å²) in [4.78, 5) is 11.4.